The molecule has 0 heterocycles. The van der Waals surface area contributed by atoms with Crippen LogP contribution in [-0.2, 0) is 6.54 Å². The molecule has 1 aliphatic carbocycles. The van der Waals surface area contributed by atoms with E-state index in [0.29, 0.717) is 16.9 Å². The van der Waals surface area contributed by atoms with E-state index in [-0.39, 0.29) is 0 Å². The fourth-order valence-electron chi connectivity index (χ4n) is 4.16. The summed E-state index contributed by atoms with van der Waals surface area (Å²) >= 11 is 0. The molecule has 1 N–H and O–H groups in total. The van der Waals surface area contributed by atoms with E-state index >= 15 is 0 Å². The zero-order valence-electron chi connectivity index (χ0n) is 14.3. The van der Waals surface area contributed by atoms with Gasteiger partial charge in [-0.15, -0.1) is 0 Å². The quantitative estimate of drug-likeness (QED) is 0.842. The van der Waals surface area contributed by atoms with E-state index in [2.05, 4.69) is 51.2 Å². The van der Waals surface area contributed by atoms with Gasteiger partial charge in [0.05, 0.1) is 6.61 Å². The van der Waals surface area contributed by atoms with E-state index in [1.165, 1.54) is 24.8 Å². The van der Waals surface area contributed by atoms with Crippen LogP contribution in [0.25, 0.3) is 0 Å². The summed E-state index contributed by atoms with van der Waals surface area (Å²) in [4.78, 5) is 0. The largest absolute Gasteiger partial charge is 0.494 e. The van der Waals surface area contributed by atoms with Crippen LogP contribution in [0.4, 0.5) is 0 Å². The first-order chi connectivity index (χ1) is 9.80. The summed E-state index contributed by atoms with van der Waals surface area (Å²) in [6.07, 6.45) is 3.85. The standard InChI is InChI=1S/C19H31NO/c1-6-21-17-9-7-8-15(10-17)13-20-16-11-18(2,3)14-19(4,5)12-16/h7-10,16,20H,6,11-14H2,1-5H3. The first-order valence-electron chi connectivity index (χ1n) is 8.25. The molecule has 0 amide bonds. The highest BCUT2D eigenvalue weighted by Gasteiger charge is 2.38. The zero-order valence-corrected chi connectivity index (χ0v) is 14.3. The van der Waals surface area contributed by atoms with Crippen LogP contribution in [0.2, 0.25) is 0 Å². The van der Waals surface area contributed by atoms with Crippen LogP contribution in [0.5, 0.6) is 5.75 Å². The van der Waals surface area contributed by atoms with E-state index in [1.807, 2.05) is 13.0 Å². The smallest absolute Gasteiger partial charge is 0.119 e. The van der Waals surface area contributed by atoms with Crippen LogP contribution in [0, 0.1) is 10.8 Å². The minimum absolute atomic E-state index is 0.437. The molecule has 0 aromatic heterocycles. The maximum atomic E-state index is 5.58. The van der Waals surface area contributed by atoms with Crippen molar-refractivity contribution in [3.63, 3.8) is 0 Å². The molecule has 0 radical (unpaired) electrons. The Kier molecular flexibility index (Phi) is 4.98. The third kappa shape index (κ3) is 5.03. The SMILES string of the molecule is CCOc1cccc(CNC2CC(C)(C)CC(C)(C)C2)c1. The molecule has 1 saturated carbocycles. The summed E-state index contributed by atoms with van der Waals surface area (Å²) in [6, 6.07) is 9.04. The van der Waals surface area contributed by atoms with Gasteiger partial charge in [0.25, 0.3) is 0 Å². The molecule has 0 spiro atoms. The summed E-state index contributed by atoms with van der Waals surface area (Å²) in [5.41, 5.74) is 2.18. The monoisotopic (exact) mass is 289 g/mol. The molecule has 118 valence electrons. The van der Waals surface area contributed by atoms with Gasteiger partial charge in [0, 0.05) is 12.6 Å². The van der Waals surface area contributed by atoms with Crippen LogP contribution in [-0.4, -0.2) is 12.6 Å². The topological polar surface area (TPSA) is 21.3 Å². The van der Waals surface area contributed by atoms with Gasteiger partial charge in [-0.25, -0.2) is 0 Å². The van der Waals surface area contributed by atoms with Crippen LogP contribution >= 0.6 is 0 Å². The lowest BCUT2D eigenvalue weighted by molar-refractivity contribution is 0.0845. The molecule has 0 bridgehead atoms. The van der Waals surface area contributed by atoms with Crippen LogP contribution in [0.1, 0.15) is 59.4 Å². The van der Waals surface area contributed by atoms with E-state index in [1.54, 1.807) is 0 Å². The molecule has 21 heavy (non-hydrogen) atoms. The predicted molar refractivity (Wildman–Crippen MR) is 89.7 cm³/mol. The highest BCUT2D eigenvalue weighted by molar-refractivity contribution is 5.28. The second-order valence-corrected chi connectivity index (χ2v) is 8.07. The van der Waals surface area contributed by atoms with E-state index < -0.39 is 0 Å². The van der Waals surface area contributed by atoms with Gasteiger partial charge in [-0.1, -0.05) is 39.8 Å². The van der Waals surface area contributed by atoms with Gasteiger partial charge in [-0.3, -0.25) is 0 Å². The number of nitrogens with one attached hydrogen (secondary N) is 1. The summed E-state index contributed by atoms with van der Waals surface area (Å²) in [7, 11) is 0. The molecular formula is C19H31NO. The Morgan fingerprint density at radius 1 is 1.14 bits per heavy atom. The fourth-order valence-corrected chi connectivity index (χ4v) is 4.16. The van der Waals surface area contributed by atoms with Crippen molar-refractivity contribution in [1.82, 2.24) is 5.32 Å². The van der Waals surface area contributed by atoms with Gasteiger partial charge in [0.15, 0.2) is 0 Å². The van der Waals surface area contributed by atoms with Crippen LogP contribution < -0.4 is 10.1 Å². The van der Waals surface area contributed by atoms with Crippen molar-refractivity contribution in [2.24, 2.45) is 10.8 Å². The predicted octanol–water partition coefficient (Wildman–Crippen LogP) is 4.78. The maximum Gasteiger partial charge on any atom is 0.119 e. The molecule has 0 aliphatic heterocycles. The summed E-state index contributed by atoms with van der Waals surface area (Å²) in [5.74, 6) is 0.973. The Hall–Kier alpha value is -1.02. The highest BCUT2D eigenvalue weighted by Crippen LogP contribution is 2.45. The molecule has 2 nitrogen and oxygen atoms in total. The third-order valence-electron chi connectivity index (χ3n) is 4.36. The van der Waals surface area contributed by atoms with E-state index in [0.717, 1.165) is 18.9 Å². The molecule has 1 aromatic carbocycles. The van der Waals surface area contributed by atoms with Crippen molar-refractivity contribution in [1.29, 1.82) is 0 Å². The number of benzene rings is 1. The summed E-state index contributed by atoms with van der Waals surface area (Å²) in [5, 5.41) is 3.76. The number of hydrogen-bond acceptors (Lipinski definition) is 2. The average Bonchev–Trinajstić information content (AvgIpc) is 2.34. The van der Waals surface area contributed by atoms with Crippen molar-refractivity contribution in [3.05, 3.63) is 29.8 Å². The molecular weight excluding hydrogens is 258 g/mol. The zero-order chi connectivity index (χ0) is 15.5. The Balaban J connectivity index is 1.94. The first kappa shape index (κ1) is 16.4. The second-order valence-electron chi connectivity index (χ2n) is 8.07. The molecule has 1 aliphatic rings. The molecule has 2 heteroatoms. The van der Waals surface area contributed by atoms with Crippen molar-refractivity contribution < 1.29 is 4.74 Å². The van der Waals surface area contributed by atoms with Gasteiger partial charge < -0.3 is 10.1 Å². The Morgan fingerprint density at radius 3 is 2.43 bits per heavy atom. The van der Waals surface area contributed by atoms with Gasteiger partial charge in [0.2, 0.25) is 0 Å². The van der Waals surface area contributed by atoms with Gasteiger partial charge >= 0.3 is 0 Å². The molecule has 0 unspecified atom stereocenters. The Labute approximate surface area is 130 Å². The van der Waals surface area contributed by atoms with E-state index in [9.17, 15) is 0 Å². The van der Waals surface area contributed by atoms with Crippen molar-refractivity contribution in [2.45, 2.75) is 66.5 Å². The Bertz CT molecular complexity index is 448. The van der Waals surface area contributed by atoms with Crippen LogP contribution in [0.3, 0.4) is 0 Å². The lowest BCUT2D eigenvalue weighted by Crippen LogP contribution is -2.43. The third-order valence-corrected chi connectivity index (χ3v) is 4.36. The van der Waals surface area contributed by atoms with Crippen molar-refractivity contribution >= 4 is 0 Å². The minimum Gasteiger partial charge on any atom is -0.494 e. The minimum atomic E-state index is 0.437. The number of ether oxygens (including phenoxy) is 1. The van der Waals surface area contributed by atoms with E-state index in [4.69, 9.17) is 4.74 Å². The average molecular weight is 289 g/mol. The lowest BCUT2D eigenvalue weighted by Gasteiger charge is -2.45. The number of hydrogen-bond donors (Lipinski definition) is 1. The Morgan fingerprint density at radius 2 is 1.81 bits per heavy atom. The van der Waals surface area contributed by atoms with Crippen molar-refractivity contribution in [3.8, 4) is 5.75 Å². The molecule has 1 aromatic rings. The number of rotatable bonds is 5. The van der Waals surface area contributed by atoms with Gasteiger partial charge in [-0.05, 0) is 54.7 Å². The van der Waals surface area contributed by atoms with Crippen LogP contribution in [0.15, 0.2) is 24.3 Å². The maximum absolute atomic E-state index is 5.58. The molecule has 2 rings (SSSR count). The molecule has 0 atom stereocenters. The fraction of sp³-hybridized carbons (Fsp3) is 0.684. The first-order valence-corrected chi connectivity index (χ1v) is 8.25. The summed E-state index contributed by atoms with van der Waals surface area (Å²) in [6.45, 7) is 13.3. The molecule has 0 saturated heterocycles. The van der Waals surface area contributed by atoms with Gasteiger partial charge in [-0.2, -0.15) is 0 Å². The second kappa shape index (κ2) is 6.39. The van der Waals surface area contributed by atoms with Crippen molar-refractivity contribution in [2.75, 3.05) is 6.61 Å². The highest BCUT2D eigenvalue weighted by atomic mass is 16.5. The molecule has 1 fully saturated rings. The normalized spacial score (nSPS) is 21.2. The van der Waals surface area contributed by atoms with Gasteiger partial charge in [0.1, 0.15) is 5.75 Å². The lowest BCUT2D eigenvalue weighted by atomic mass is 9.63. The summed E-state index contributed by atoms with van der Waals surface area (Å²) < 4.78 is 5.58.